The van der Waals surface area contributed by atoms with Crippen molar-refractivity contribution in [2.24, 2.45) is 0 Å². The van der Waals surface area contributed by atoms with Gasteiger partial charge in [-0.3, -0.25) is 0 Å². The van der Waals surface area contributed by atoms with Crippen LogP contribution in [-0.4, -0.2) is 27.5 Å². The monoisotopic (exact) mass is 245 g/mol. The second-order valence-corrected chi connectivity index (χ2v) is 4.57. The molecule has 0 spiro atoms. The summed E-state index contributed by atoms with van der Waals surface area (Å²) in [7, 11) is 0. The number of rotatable bonds is 4. The first kappa shape index (κ1) is 12.8. The number of carbonyl (C=O) groups is 1. The minimum absolute atomic E-state index is 0.136. The van der Waals surface area contributed by atoms with E-state index in [4.69, 9.17) is 10.8 Å². The highest BCUT2D eigenvalue weighted by Gasteiger charge is 2.30. The number of aliphatic carboxylic acids is 1. The molecule has 0 aliphatic heterocycles. The molecule has 0 heterocycles. The van der Waals surface area contributed by atoms with Gasteiger partial charge < -0.3 is 15.9 Å². The molecule has 1 rings (SSSR count). The van der Waals surface area contributed by atoms with E-state index in [1.54, 1.807) is 0 Å². The standard InChI is InChI=1S/C10H12FNO3S/c1-10(15,9(13)14)5-16-8-3-2-6(12)4-7(8)11/h2-4,15H,5,12H2,1H3,(H,13,14). The Balaban J connectivity index is 2.72. The van der Waals surface area contributed by atoms with Crippen LogP contribution in [0.5, 0.6) is 0 Å². The lowest BCUT2D eigenvalue weighted by Gasteiger charge is -2.17. The van der Waals surface area contributed by atoms with Gasteiger partial charge in [-0.1, -0.05) is 0 Å². The van der Waals surface area contributed by atoms with Crippen LogP contribution in [0.25, 0.3) is 0 Å². The maximum absolute atomic E-state index is 13.3. The van der Waals surface area contributed by atoms with E-state index in [9.17, 15) is 14.3 Å². The molecular formula is C10H12FNO3S. The summed E-state index contributed by atoms with van der Waals surface area (Å²) in [6.45, 7) is 1.16. The van der Waals surface area contributed by atoms with Gasteiger partial charge in [-0.2, -0.15) is 0 Å². The van der Waals surface area contributed by atoms with Gasteiger partial charge in [-0.15, -0.1) is 11.8 Å². The molecular weight excluding hydrogens is 233 g/mol. The number of anilines is 1. The second kappa shape index (κ2) is 4.71. The summed E-state index contributed by atoms with van der Waals surface area (Å²) < 4.78 is 13.3. The molecule has 4 nitrogen and oxygen atoms in total. The Labute approximate surface area is 96.3 Å². The zero-order valence-corrected chi connectivity index (χ0v) is 9.42. The predicted molar refractivity (Wildman–Crippen MR) is 59.8 cm³/mol. The maximum Gasteiger partial charge on any atom is 0.336 e. The van der Waals surface area contributed by atoms with Crippen molar-refractivity contribution in [3.05, 3.63) is 24.0 Å². The van der Waals surface area contributed by atoms with Gasteiger partial charge in [0.05, 0.1) is 0 Å². The van der Waals surface area contributed by atoms with E-state index in [-0.39, 0.29) is 10.6 Å². The maximum atomic E-state index is 13.3. The van der Waals surface area contributed by atoms with E-state index in [1.165, 1.54) is 12.1 Å². The van der Waals surface area contributed by atoms with Gasteiger partial charge in [-0.05, 0) is 25.1 Å². The average molecular weight is 245 g/mol. The molecule has 0 saturated carbocycles. The minimum atomic E-state index is -1.88. The van der Waals surface area contributed by atoms with Crippen molar-refractivity contribution < 1.29 is 19.4 Å². The summed E-state index contributed by atoms with van der Waals surface area (Å²) in [6, 6.07) is 4.12. The number of aliphatic hydroxyl groups is 1. The van der Waals surface area contributed by atoms with Crippen molar-refractivity contribution in [3.8, 4) is 0 Å². The number of carboxylic acid groups (broad SMARTS) is 1. The van der Waals surface area contributed by atoms with Crippen molar-refractivity contribution in [3.63, 3.8) is 0 Å². The number of carboxylic acids is 1. The van der Waals surface area contributed by atoms with Crippen LogP contribution in [0.15, 0.2) is 23.1 Å². The molecule has 0 aliphatic carbocycles. The molecule has 4 N–H and O–H groups in total. The normalized spacial score (nSPS) is 14.4. The lowest BCUT2D eigenvalue weighted by Crippen LogP contribution is -2.37. The summed E-state index contributed by atoms with van der Waals surface area (Å²) in [4.78, 5) is 10.9. The number of halogens is 1. The van der Waals surface area contributed by atoms with Gasteiger partial charge >= 0.3 is 5.97 Å². The van der Waals surface area contributed by atoms with Crippen LogP contribution in [0, 0.1) is 5.82 Å². The third-order valence-corrected chi connectivity index (χ3v) is 3.27. The van der Waals surface area contributed by atoms with Gasteiger partial charge in [0.15, 0.2) is 5.60 Å². The van der Waals surface area contributed by atoms with Gasteiger partial charge in [0, 0.05) is 16.3 Å². The molecule has 0 amide bonds. The molecule has 0 aromatic heterocycles. The van der Waals surface area contributed by atoms with Crippen LogP contribution in [0.2, 0.25) is 0 Å². The van der Waals surface area contributed by atoms with Crippen molar-refractivity contribution in [1.82, 2.24) is 0 Å². The number of nitrogens with two attached hydrogens (primary N) is 1. The van der Waals surface area contributed by atoms with Crippen molar-refractivity contribution in [2.75, 3.05) is 11.5 Å². The largest absolute Gasteiger partial charge is 0.479 e. The third-order valence-electron chi connectivity index (χ3n) is 1.93. The average Bonchev–Trinajstić information content (AvgIpc) is 2.16. The number of hydrogen-bond donors (Lipinski definition) is 3. The molecule has 88 valence electrons. The molecule has 0 fully saturated rings. The Hall–Kier alpha value is -1.27. The zero-order chi connectivity index (χ0) is 12.3. The zero-order valence-electron chi connectivity index (χ0n) is 8.61. The van der Waals surface area contributed by atoms with Crippen molar-refractivity contribution in [1.29, 1.82) is 0 Å². The molecule has 1 atom stereocenters. The lowest BCUT2D eigenvalue weighted by atomic mass is 10.1. The summed E-state index contributed by atoms with van der Waals surface area (Å²) in [5.41, 5.74) is 3.79. The highest BCUT2D eigenvalue weighted by Crippen LogP contribution is 2.26. The first-order chi connectivity index (χ1) is 7.33. The number of benzene rings is 1. The van der Waals surface area contributed by atoms with Crippen LogP contribution in [0.1, 0.15) is 6.92 Å². The van der Waals surface area contributed by atoms with E-state index in [0.29, 0.717) is 5.69 Å². The summed E-state index contributed by atoms with van der Waals surface area (Å²) >= 11 is 0.930. The Kier molecular flexibility index (Phi) is 3.77. The van der Waals surface area contributed by atoms with Crippen molar-refractivity contribution in [2.45, 2.75) is 17.4 Å². The Bertz CT molecular complexity index is 409. The van der Waals surface area contributed by atoms with Gasteiger partial charge in [-0.25, -0.2) is 9.18 Å². The molecule has 1 aromatic rings. The third kappa shape index (κ3) is 3.11. The van der Waals surface area contributed by atoms with E-state index < -0.39 is 17.4 Å². The molecule has 0 bridgehead atoms. The molecule has 16 heavy (non-hydrogen) atoms. The van der Waals surface area contributed by atoms with Gasteiger partial charge in [0.2, 0.25) is 0 Å². The SMILES string of the molecule is CC(O)(CSc1ccc(N)cc1F)C(=O)O. The van der Waals surface area contributed by atoms with Gasteiger partial charge in [0.1, 0.15) is 5.82 Å². The lowest BCUT2D eigenvalue weighted by molar-refractivity contribution is -0.154. The molecule has 0 saturated heterocycles. The van der Waals surface area contributed by atoms with Crippen LogP contribution < -0.4 is 5.73 Å². The molecule has 1 aromatic carbocycles. The number of thioether (sulfide) groups is 1. The highest BCUT2D eigenvalue weighted by molar-refractivity contribution is 7.99. The second-order valence-electron chi connectivity index (χ2n) is 3.56. The molecule has 1 unspecified atom stereocenters. The Morgan fingerprint density at radius 1 is 1.62 bits per heavy atom. The van der Waals surface area contributed by atoms with E-state index in [1.807, 2.05) is 0 Å². The number of hydrogen-bond acceptors (Lipinski definition) is 4. The van der Waals surface area contributed by atoms with Gasteiger partial charge in [0.25, 0.3) is 0 Å². The number of nitrogen functional groups attached to an aromatic ring is 1. The summed E-state index contributed by atoms with van der Waals surface area (Å²) in [5, 5.41) is 18.1. The predicted octanol–water partition coefficient (Wildman–Crippen LogP) is 1.34. The Morgan fingerprint density at radius 2 is 2.25 bits per heavy atom. The molecule has 6 heteroatoms. The highest BCUT2D eigenvalue weighted by atomic mass is 32.2. The van der Waals surface area contributed by atoms with E-state index in [2.05, 4.69) is 0 Å². The minimum Gasteiger partial charge on any atom is -0.479 e. The Morgan fingerprint density at radius 3 is 2.75 bits per heavy atom. The topological polar surface area (TPSA) is 83.5 Å². The van der Waals surface area contributed by atoms with Crippen LogP contribution >= 0.6 is 11.8 Å². The smallest absolute Gasteiger partial charge is 0.336 e. The van der Waals surface area contributed by atoms with Crippen LogP contribution in [0.3, 0.4) is 0 Å². The van der Waals surface area contributed by atoms with E-state index in [0.717, 1.165) is 24.8 Å². The molecule has 0 aliphatic rings. The molecule has 0 radical (unpaired) electrons. The van der Waals surface area contributed by atoms with E-state index >= 15 is 0 Å². The first-order valence-electron chi connectivity index (χ1n) is 4.46. The fraction of sp³-hybridized carbons (Fsp3) is 0.300. The van der Waals surface area contributed by atoms with Crippen LogP contribution in [-0.2, 0) is 4.79 Å². The fourth-order valence-corrected chi connectivity index (χ4v) is 1.84. The summed E-state index contributed by atoms with van der Waals surface area (Å²) in [6.07, 6.45) is 0. The fourth-order valence-electron chi connectivity index (χ4n) is 0.914. The summed E-state index contributed by atoms with van der Waals surface area (Å²) in [5.74, 6) is -1.99. The van der Waals surface area contributed by atoms with Crippen molar-refractivity contribution >= 4 is 23.4 Å². The van der Waals surface area contributed by atoms with Crippen LogP contribution in [0.4, 0.5) is 10.1 Å². The quantitative estimate of drug-likeness (QED) is 0.550. The first-order valence-corrected chi connectivity index (χ1v) is 5.45.